The van der Waals surface area contributed by atoms with Crippen molar-refractivity contribution in [3.05, 3.63) is 34.2 Å². The number of hydrogen-bond donors (Lipinski definition) is 1. The fourth-order valence-electron chi connectivity index (χ4n) is 1.14. The summed E-state index contributed by atoms with van der Waals surface area (Å²) >= 11 is 17.4. The van der Waals surface area contributed by atoms with Gasteiger partial charge < -0.3 is 4.98 Å². The Morgan fingerprint density at radius 1 is 1.20 bits per heavy atom. The summed E-state index contributed by atoms with van der Waals surface area (Å²) in [6, 6.07) is 1.62. The van der Waals surface area contributed by atoms with E-state index in [4.69, 9.17) is 34.8 Å². The number of pyridine rings is 1. The second-order valence-corrected chi connectivity index (χ2v) is 3.99. The highest BCUT2D eigenvalue weighted by Crippen LogP contribution is 2.25. The van der Waals surface area contributed by atoms with Gasteiger partial charge >= 0.3 is 0 Å². The zero-order valence-electron chi connectivity index (χ0n) is 7.47. The molecule has 2 aromatic rings. The molecule has 6 heteroatoms. The van der Waals surface area contributed by atoms with Crippen molar-refractivity contribution >= 4 is 34.8 Å². The van der Waals surface area contributed by atoms with Crippen molar-refractivity contribution in [2.45, 2.75) is 5.88 Å². The van der Waals surface area contributed by atoms with Gasteiger partial charge in [-0.2, -0.15) is 0 Å². The first-order chi connectivity index (χ1) is 7.20. The minimum absolute atomic E-state index is 0.373. The van der Waals surface area contributed by atoms with Crippen LogP contribution in [0.2, 0.25) is 10.0 Å². The largest absolute Gasteiger partial charge is 0.340 e. The third-order valence-corrected chi connectivity index (χ3v) is 2.59. The van der Waals surface area contributed by atoms with Crippen LogP contribution in [0.25, 0.3) is 11.5 Å². The van der Waals surface area contributed by atoms with E-state index in [1.807, 2.05) is 0 Å². The number of halogens is 3. The van der Waals surface area contributed by atoms with Gasteiger partial charge in [-0.25, -0.2) is 9.97 Å². The number of aromatic amines is 1. The molecule has 0 aliphatic heterocycles. The monoisotopic (exact) mass is 261 g/mol. The molecule has 0 bridgehead atoms. The second-order valence-electron chi connectivity index (χ2n) is 2.87. The first-order valence-corrected chi connectivity index (χ1v) is 5.41. The molecule has 0 unspecified atom stereocenters. The molecule has 1 N–H and O–H groups in total. The van der Waals surface area contributed by atoms with Gasteiger partial charge in [0.15, 0.2) is 5.82 Å². The van der Waals surface area contributed by atoms with Gasteiger partial charge in [-0.15, -0.1) is 11.6 Å². The zero-order valence-corrected chi connectivity index (χ0v) is 9.74. The molecule has 2 rings (SSSR count). The molecule has 78 valence electrons. The molecule has 0 fully saturated rings. The molecule has 0 saturated heterocycles. The highest BCUT2D eigenvalue weighted by molar-refractivity contribution is 6.35. The summed E-state index contributed by atoms with van der Waals surface area (Å²) < 4.78 is 0. The van der Waals surface area contributed by atoms with Crippen LogP contribution < -0.4 is 0 Å². The molecule has 3 nitrogen and oxygen atoms in total. The third-order valence-electron chi connectivity index (χ3n) is 1.80. The maximum atomic E-state index is 5.98. The molecule has 0 aliphatic rings. The summed E-state index contributed by atoms with van der Waals surface area (Å²) in [5, 5.41) is 0.950. The van der Waals surface area contributed by atoms with Gasteiger partial charge in [0.25, 0.3) is 0 Å². The van der Waals surface area contributed by atoms with E-state index in [-0.39, 0.29) is 0 Å². The number of nitrogens with zero attached hydrogens (tertiary/aromatic N) is 2. The van der Waals surface area contributed by atoms with Crippen LogP contribution in [0.4, 0.5) is 0 Å². The molecule has 2 aromatic heterocycles. The third kappa shape index (κ3) is 2.25. The van der Waals surface area contributed by atoms with Crippen LogP contribution in [0, 0.1) is 0 Å². The van der Waals surface area contributed by atoms with E-state index in [9.17, 15) is 0 Å². The highest BCUT2D eigenvalue weighted by atomic mass is 35.5. The SMILES string of the molecule is ClCc1cnc(-c2ncc(Cl)cc2Cl)[nH]1. The van der Waals surface area contributed by atoms with Crippen LogP contribution in [0.3, 0.4) is 0 Å². The van der Waals surface area contributed by atoms with Crippen molar-refractivity contribution in [2.75, 3.05) is 0 Å². The van der Waals surface area contributed by atoms with Gasteiger partial charge in [-0.3, -0.25) is 0 Å². The van der Waals surface area contributed by atoms with E-state index in [1.54, 1.807) is 12.3 Å². The first-order valence-electron chi connectivity index (χ1n) is 4.12. The lowest BCUT2D eigenvalue weighted by atomic mass is 10.3. The summed E-state index contributed by atoms with van der Waals surface area (Å²) in [5.74, 6) is 0.963. The minimum atomic E-state index is 0.373. The normalized spacial score (nSPS) is 10.6. The number of rotatable bonds is 2. The smallest absolute Gasteiger partial charge is 0.157 e. The van der Waals surface area contributed by atoms with Crippen LogP contribution >= 0.6 is 34.8 Å². The van der Waals surface area contributed by atoms with Crippen molar-refractivity contribution in [1.29, 1.82) is 0 Å². The van der Waals surface area contributed by atoms with Crippen LogP contribution in [0.1, 0.15) is 5.69 Å². The molecule has 0 aliphatic carbocycles. The summed E-state index contributed by atoms with van der Waals surface area (Å²) in [4.78, 5) is 11.2. The van der Waals surface area contributed by atoms with Gasteiger partial charge in [-0.1, -0.05) is 23.2 Å². The number of aromatic nitrogens is 3. The molecule has 0 saturated carbocycles. The Hall–Kier alpha value is -0.770. The fraction of sp³-hybridized carbons (Fsp3) is 0.111. The van der Waals surface area contributed by atoms with E-state index in [1.165, 1.54) is 6.20 Å². The number of H-pyrrole nitrogens is 1. The number of hydrogen-bond acceptors (Lipinski definition) is 2. The van der Waals surface area contributed by atoms with Crippen LogP contribution in [0.15, 0.2) is 18.5 Å². The Balaban J connectivity index is 2.44. The van der Waals surface area contributed by atoms with Crippen molar-refractivity contribution in [1.82, 2.24) is 15.0 Å². The van der Waals surface area contributed by atoms with Crippen LogP contribution in [-0.2, 0) is 5.88 Å². The molecular formula is C9H6Cl3N3. The van der Waals surface area contributed by atoms with Crippen molar-refractivity contribution in [3.63, 3.8) is 0 Å². The topological polar surface area (TPSA) is 41.6 Å². The summed E-state index contributed by atoms with van der Waals surface area (Å²) in [7, 11) is 0. The maximum absolute atomic E-state index is 5.98. The van der Waals surface area contributed by atoms with Crippen molar-refractivity contribution < 1.29 is 0 Å². The van der Waals surface area contributed by atoms with E-state index in [0.29, 0.717) is 27.4 Å². The Morgan fingerprint density at radius 3 is 2.60 bits per heavy atom. The van der Waals surface area contributed by atoms with E-state index in [2.05, 4.69) is 15.0 Å². The van der Waals surface area contributed by atoms with Gasteiger partial charge in [-0.05, 0) is 6.07 Å². The Kier molecular flexibility index (Phi) is 3.14. The zero-order chi connectivity index (χ0) is 10.8. The number of imidazole rings is 1. The fourth-order valence-corrected chi connectivity index (χ4v) is 1.74. The Labute approximate surface area is 101 Å². The molecule has 0 amide bonds. The molecule has 0 radical (unpaired) electrons. The minimum Gasteiger partial charge on any atom is -0.340 e. The molecule has 0 atom stereocenters. The molecule has 0 aromatic carbocycles. The lowest BCUT2D eigenvalue weighted by Gasteiger charge is -1.99. The summed E-state index contributed by atoms with van der Waals surface area (Å²) in [5.41, 5.74) is 1.39. The lowest BCUT2D eigenvalue weighted by Crippen LogP contribution is -1.87. The number of alkyl halides is 1. The maximum Gasteiger partial charge on any atom is 0.157 e. The highest BCUT2D eigenvalue weighted by Gasteiger charge is 2.09. The van der Waals surface area contributed by atoms with Gasteiger partial charge in [0.05, 0.1) is 15.9 Å². The lowest BCUT2D eigenvalue weighted by molar-refractivity contribution is 1.19. The van der Waals surface area contributed by atoms with Gasteiger partial charge in [0.2, 0.25) is 0 Å². The average molecular weight is 263 g/mol. The molecule has 15 heavy (non-hydrogen) atoms. The van der Waals surface area contributed by atoms with Crippen molar-refractivity contribution in [2.24, 2.45) is 0 Å². The van der Waals surface area contributed by atoms with Gasteiger partial charge in [0.1, 0.15) is 5.69 Å². The van der Waals surface area contributed by atoms with E-state index < -0.39 is 0 Å². The van der Waals surface area contributed by atoms with Gasteiger partial charge in [0, 0.05) is 18.1 Å². The van der Waals surface area contributed by atoms with Crippen LogP contribution in [-0.4, -0.2) is 15.0 Å². The van der Waals surface area contributed by atoms with Crippen molar-refractivity contribution in [3.8, 4) is 11.5 Å². The van der Waals surface area contributed by atoms with E-state index in [0.717, 1.165) is 5.69 Å². The summed E-state index contributed by atoms with van der Waals surface area (Å²) in [6.07, 6.45) is 3.17. The number of nitrogens with one attached hydrogen (secondary N) is 1. The first kappa shape index (κ1) is 10.7. The quantitative estimate of drug-likeness (QED) is 0.841. The second kappa shape index (κ2) is 4.39. The Morgan fingerprint density at radius 2 is 2.00 bits per heavy atom. The average Bonchev–Trinajstić information content (AvgIpc) is 2.66. The predicted octanol–water partition coefficient (Wildman–Crippen LogP) is 3.52. The standard InChI is InChI=1S/C9H6Cl3N3/c10-2-6-4-14-9(15-6)8-7(12)1-5(11)3-13-8/h1,3-4H,2H2,(H,14,15). The van der Waals surface area contributed by atoms with Crippen LogP contribution in [0.5, 0.6) is 0 Å². The molecule has 0 spiro atoms. The predicted molar refractivity (Wildman–Crippen MR) is 61.4 cm³/mol. The molecule has 2 heterocycles. The summed E-state index contributed by atoms with van der Waals surface area (Å²) in [6.45, 7) is 0. The molecular weight excluding hydrogens is 256 g/mol. The van der Waals surface area contributed by atoms with E-state index >= 15 is 0 Å². The Bertz CT molecular complexity index is 481.